The molecule has 33 heavy (non-hydrogen) atoms. The van der Waals surface area contributed by atoms with Crippen molar-refractivity contribution in [2.75, 3.05) is 18.6 Å². The number of methoxy groups -OCH3 is 1. The van der Waals surface area contributed by atoms with Crippen LogP contribution in [0.15, 0.2) is 90.0 Å². The number of nitrogens with zero attached hydrogens (tertiary/aromatic N) is 2. The first-order valence-corrected chi connectivity index (χ1v) is 11.2. The third-order valence-electron chi connectivity index (χ3n) is 5.33. The van der Waals surface area contributed by atoms with E-state index in [4.69, 9.17) is 14.9 Å². The van der Waals surface area contributed by atoms with E-state index in [1.54, 1.807) is 12.0 Å². The number of nitrogens with one attached hydrogen (secondary N) is 1. The molecule has 0 amide bonds. The maximum Gasteiger partial charge on any atom is 0.139 e. The van der Waals surface area contributed by atoms with E-state index >= 15 is 0 Å². The molecule has 0 saturated carbocycles. The zero-order valence-electron chi connectivity index (χ0n) is 17.9. The number of amidine groups is 1. The van der Waals surface area contributed by atoms with E-state index in [2.05, 4.69) is 4.98 Å². The molecule has 6 nitrogen and oxygen atoms in total. The van der Waals surface area contributed by atoms with Crippen LogP contribution >= 0.6 is 11.3 Å². The number of aromatic nitrogens is 1. The van der Waals surface area contributed by atoms with Gasteiger partial charge in [0, 0.05) is 16.6 Å². The van der Waals surface area contributed by atoms with E-state index in [-0.39, 0.29) is 18.1 Å². The van der Waals surface area contributed by atoms with Gasteiger partial charge in [-0.25, -0.2) is 4.98 Å². The first-order chi connectivity index (χ1) is 16.1. The average Bonchev–Trinajstić information content (AvgIpc) is 3.44. The second-order valence-electron chi connectivity index (χ2n) is 7.43. The summed E-state index contributed by atoms with van der Waals surface area (Å²) in [5.41, 5.74) is 3.01. The van der Waals surface area contributed by atoms with Crippen molar-refractivity contribution in [1.29, 1.82) is 5.41 Å². The van der Waals surface area contributed by atoms with Crippen LogP contribution in [-0.4, -0.2) is 29.6 Å². The summed E-state index contributed by atoms with van der Waals surface area (Å²) in [6.07, 6.45) is 0. The molecular formula is C26H21N3O3S. The van der Waals surface area contributed by atoms with Crippen molar-refractivity contribution in [2.24, 2.45) is 0 Å². The van der Waals surface area contributed by atoms with Gasteiger partial charge in [0.15, 0.2) is 0 Å². The molecule has 4 aromatic rings. The number of ether oxygens (including phenoxy) is 2. The van der Waals surface area contributed by atoms with Gasteiger partial charge in [-0.15, -0.1) is 11.3 Å². The molecule has 0 radical (unpaired) electrons. The Morgan fingerprint density at radius 3 is 2.27 bits per heavy atom. The number of benzene rings is 3. The fourth-order valence-corrected chi connectivity index (χ4v) is 4.52. The summed E-state index contributed by atoms with van der Waals surface area (Å²) in [5.74, 6) is 2.61. The van der Waals surface area contributed by atoms with Gasteiger partial charge in [-0.1, -0.05) is 18.2 Å². The highest BCUT2D eigenvalue weighted by Crippen LogP contribution is 2.35. The number of hydrogen-bond donors (Lipinski definition) is 2. The van der Waals surface area contributed by atoms with Crippen LogP contribution in [0.5, 0.6) is 17.2 Å². The summed E-state index contributed by atoms with van der Waals surface area (Å²) in [7, 11) is 1.63. The van der Waals surface area contributed by atoms with Gasteiger partial charge in [0.05, 0.1) is 24.9 Å². The molecule has 0 aliphatic carbocycles. The minimum Gasteiger partial charge on any atom is -0.510 e. The predicted molar refractivity (Wildman–Crippen MR) is 132 cm³/mol. The van der Waals surface area contributed by atoms with E-state index in [1.165, 1.54) is 11.3 Å². The molecule has 3 aromatic carbocycles. The first kappa shape index (κ1) is 20.8. The molecule has 0 unspecified atom stereocenters. The number of para-hydroxylation sites is 1. The third-order valence-corrected chi connectivity index (χ3v) is 6.19. The van der Waals surface area contributed by atoms with Gasteiger partial charge in [-0.3, -0.25) is 5.41 Å². The van der Waals surface area contributed by atoms with E-state index < -0.39 is 0 Å². The Balaban J connectivity index is 1.33. The average molecular weight is 456 g/mol. The molecule has 1 aliphatic heterocycles. The van der Waals surface area contributed by atoms with E-state index in [1.807, 2.05) is 84.2 Å². The van der Waals surface area contributed by atoms with Crippen LogP contribution < -0.4 is 14.4 Å². The van der Waals surface area contributed by atoms with E-state index in [9.17, 15) is 5.11 Å². The molecule has 2 heterocycles. The van der Waals surface area contributed by atoms with Crippen LogP contribution in [-0.2, 0) is 0 Å². The Morgan fingerprint density at radius 1 is 0.909 bits per heavy atom. The predicted octanol–water partition coefficient (Wildman–Crippen LogP) is 6.38. The van der Waals surface area contributed by atoms with Crippen LogP contribution in [0.1, 0.15) is 5.01 Å². The number of hydrogen-bond acceptors (Lipinski definition) is 6. The zero-order valence-corrected chi connectivity index (χ0v) is 18.7. The minimum atomic E-state index is 0.139. The molecule has 0 saturated heterocycles. The van der Waals surface area contributed by atoms with Crippen molar-refractivity contribution < 1.29 is 14.6 Å². The van der Waals surface area contributed by atoms with Crippen LogP contribution in [0.2, 0.25) is 0 Å². The lowest BCUT2D eigenvalue weighted by Gasteiger charge is -2.19. The summed E-state index contributed by atoms with van der Waals surface area (Å²) in [6, 6.07) is 24.7. The van der Waals surface area contributed by atoms with Gasteiger partial charge >= 0.3 is 0 Å². The first-order valence-electron chi connectivity index (χ1n) is 10.3. The molecule has 7 heteroatoms. The number of rotatable bonds is 6. The Hall–Kier alpha value is -4.10. The second kappa shape index (κ2) is 8.80. The van der Waals surface area contributed by atoms with Gasteiger partial charge in [-0.05, 0) is 60.7 Å². The van der Waals surface area contributed by atoms with E-state index in [0.717, 1.165) is 28.4 Å². The Morgan fingerprint density at radius 2 is 1.58 bits per heavy atom. The van der Waals surface area contributed by atoms with Crippen molar-refractivity contribution in [1.82, 2.24) is 4.98 Å². The molecule has 164 valence electrons. The monoisotopic (exact) mass is 455 g/mol. The summed E-state index contributed by atoms with van der Waals surface area (Å²) in [5, 5.41) is 21.9. The lowest BCUT2D eigenvalue weighted by atomic mass is 10.1. The summed E-state index contributed by atoms with van der Waals surface area (Å²) >= 11 is 1.41. The quantitative estimate of drug-likeness (QED) is 0.353. The van der Waals surface area contributed by atoms with Gasteiger partial charge < -0.3 is 19.5 Å². The lowest BCUT2D eigenvalue weighted by Crippen LogP contribution is -2.25. The molecule has 2 N–H and O–H groups in total. The molecular weight excluding hydrogens is 434 g/mol. The molecule has 1 aliphatic rings. The smallest absolute Gasteiger partial charge is 0.139 e. The zero-order chi connectivity index (χ0) is 22.8. The molecule has 0 bridgehead atoms. The molecule has 0 spiro atoms. The maximum absolute atomic E-state index is 10.7. The van der Waals surface area contributed by atoms with Crippen LogP contribution in [0.3, 0.4) is 0 Å². The standard InChI is InChI=1S/C26H21N3O3S/c1-31-19-11-7-17(8-12-19)22-16-33-26(28-22)24-23(30)15-29(25(24)27)18-9-13-21(14-10-18)32-20-5-3-2-4-6-20/h2-14,16,27,30H,15H2,1H3. The highest BCUT2D eigenvalue weighted by atomic mass is 32.1. The topological polar surface area (TPSA) is 78.7 Å². The van der Waals surface area contributed by atoms with Crippen molar-refractivity contribution in [3.63, 3.8) is 0 Å². The third kappa shape index (κ3) is 4.18. The lowest BCUT2D eigenvalue weighted by molar-refractivity contribution is 0.411. The minimum absolute atomic E-state index is 0.139. The molecule has 1 aromatic heterocycles. The van der Waals surface area contributed by atoms with Gasteiger partial charge in [-0.2, -0.15) is 0 Å². The van der Waals surface area contributed by atoms with E-state index in [0.29, 0.717) is 16.3 Å². The van der Waals surface area contributed by atoms with Crippen molar-refractivity contribution in [3.05, 3.63) is 95.0 Å². The number of thiazole rings is 1. The number of anilines is 1. The Labute approximate surface area is 195 Å². The highest BCUT2D eigenvalue weighted by molar-refractivity contribution is 7.11. The normalized spacial score (nSPS) is 13.5. The number of aliphatic hydroxyl groups excluding tert-OH is 1. The van der Waals surface area contributed by atoms with Gasteiger partial charge in [0.2, 0.25) is 0 Å². The molecule has 5 rings (SSSR count). The van der Waals surface area contributed by atoms with Crippen molar-refractivity contribution in [2.45, 2.75) is 0 Å². The van der Waals surface area contributed by atoms with Crippen LogP contribution in [0.4, 0.5) is 5.69 Å². The van der Waals surface area contributed by atoms with Gasteiger partial charge in [0.1, 0.15) is 33.9 Å². The fraction of sp³-hybridized carbons (Fsp3) is 0.0769. The highest BCUT2D eigenvalue weighted by Gasteiger charge is 2.31. The molecule has 0 atom stereocenters. The second-order valence-corrected chi connectivity index (χ2v) is 8.29. The van der Waals surface area contributed by atoms with Gasteiger partial charge in [0.25, 0.3) is 0 Å². The molecule has 0 fully saturated rings. The van der Waals surface area contributed by atoms with Crippen LogP contribution in [0.25, 0.3) is 16.8 Å². The largest absolute Gasteiger partial charge is 0.510 e. The number of aliphatic hydroxyl groups is 1. The summed E-state index contributed by atoms with van der Waals surface area (Å²) in [4.78, 5) is 6.44. The van der Waals surface area contributed by atoms with Crippen molar-refractivity contribution in [3.8, 4) is 28.5 Å². The van der Waals surface area contributed by atoms with Crippen LogP contribution in [0, 0.1) is 5.41 Å². The fourth-order valence-electron chi connectivity index (χ4n) is 3.63. The summed E-state index contributed by atoms with van der Waals surface area (Å²) in [6.45, 7) is 0.227. The Bertz CT molecular complexity index is 1310. The summed E-state index contributed by atoms with van der Waals surface area (Å²) < 4.78 is 11.1. The Kier molecular flexibility index (Phi) is 5.54. The maximum atomic E-state index is 10.7. The SMILES string of the molecule is COc1ccc(-c2csc(C3=C(O)CN(c4ccc(Oc5ccccc5)cc4)C3=N)n2)cc1. The van der Waals surface area contributed by atoms with Crippen molar-refractivity contribution >= 4 is 28.4 Å².